The molecular weight excluding hydrogens is 268 g/mol. The van der Waals surface area contributed by atoms with Gasteiger partial charge in [0, 0.05) is 30.0 Å². The molecule has 0 bridgehead atoms. The summed E-state index contributed by atoms with van der Waals surface area (Å²) in [4.78, 5) is 4.70. The van der Waals surface area contributed by atoms with Crippen molar-refractivity contribution in [2.75, 3.05) is 13.2 Å². The summed E-state index contributed by atoms with van der Waals surface area (Å²) < 4.78 is 6.14. The van der Waals surface area contributed by atoms with Gasteiger partial charge >= 0.3 is 0 Å². The fourth-order valence-corrected chi connectivity index (χ4v) is 4.05. The van der Waals surface area contributed by atoms with Crippen LogP contribution in [0.25, 0.3) is 0 Å². The highest BCUT2D eigenvalue weighted by atomic mass is 32.1. The molecule has 112 valence electrons. The van der Waals surface area contributed by atoms with Crippen LogP contribution in [0.2, 0.25) is 0 Å². The molecule has 1 aliphatic heterocycles. The standard InChI is InChI=1S/C16H26N2OS/c1-11(2)17-10-16(8-14-9-20-12(3)18-14)6-7-19-15(16)13-4-5-13/h9,11,13,15,17H,4-8,10H2,1-3H3. The van der Waals surface area contributed by atoms with Crippen LogP contribution < -0.4 is 5.32 Å². The van der Waals surface area contributed by atoms with E-state index in [1.807, 2.05) is 0 Å². The van der Waals surface area contributed by atoms with Crippen molar-refractivity contribution in [2.45, 2.75) is 58.6 Å². The van der Waals surface area contributed by atoms with E-state index in [-0.39, 0.29) is 5.41 Å². The van der Waals surface area contributed by atoms with E-state index in [4.69, 9.17) is 9.72 Å². The van der Waals surface area contributed by atoms with E-state index in [0.717, 1.165) is 25.5 Å². The zero-order chi connectivity index (χ0) is 14.2. The predicted molar refractivity (Wildman–Crippen MR) is 83.2 cm³/mol. The van der Waals surface area contributed by atoms with Gasteiger partial charge in [-0.15, -0.1) is 11.3 Å². The molecule has 2 atom stereocenters. The van der Waals surface area contributed by atoms with E-state index < -0.39 is 0 Å². The summed E-state index contributed by atoms with van der Waals surface area (Å²) in [6.45, 7) is 8.52. The van der Waals surface area contributed by atoms with E-state index in [9.17, 15) is 0 Å². The van der Waals surface area contributed by atoms with Gasteiger partial charge in [0.1, 0.15) is 0 Å². The van der Waals surface area contributed by atoms with Crippen LogP contribution in [0.15, 0.2) is 5.38 Å². The first-order valence-electron chi connectivity index (χ1n) is 7.85. The van der Waals surface area contributed by atoms with E-state index in [2.05, 4.69) is 31.5 Å². The van der Waals surface area contributed by atoms with Gasteiger partial charge in [-0.1, -0.05) is 13.8 Å². The van der Waals surface area contributed by atoms with Gasteiger partial charge in [0.25, 0.3) is 0 Å². The van der Waals surface area contributed by atoms with Crippen LogP contribution in [-0.2, 0) is 11.2 Å². The van der Waals surface area contributed by atoms with Crippen LogP contribution in [0.1, 0.15) is 43.8 Å². The summed E-state index contributed by atoms with van der Waals surface area (Å²) >= 11 is 1.76. The number of rotatable bonds is 6. The Morgan fingerprint density at radius 1 is 1.50 bits per heavy atom. The van der Waals surface area contributed by atoms with Crippen molar-refractivity contribution < 1.29 is 4.74 Å². The Hall–Kier alpha value is -0.450. The summed E-state index contributed by atoms with van der Waals surface area (Å²) in [6.07, 6.45) is 5.38. The molecule has 1 aromatic rings. The Morgan fingerprint density at radius 2 is 2.30 bits per heavy atom. The van der Waals surface area contributed by atoms with Crippen molar-refractivity contribution in [2.24, 2.45) is 11.3 Å². The van der Waals surface area contributed by atoms with Gasteiger partial charge in [-0.3, -0.25) is 0 Å². The highest BCUT2D eigenvalue weighted by molar-refractivity contribution is 7.09. The summed E-state index contributed by atoms with van der Waals surface area (Å²) in [5.41, 5.74) is 1.51. The summed E-state index contributed by atoms with van der Waals surface area (Å²) in [6, 6.07) is 0.532. The second-order valence-corrected chi connectivity index (χ2v) is 7.87. The molecule has 0 spiro atoms. The van der Waals surface area contributed by atoms with Crippen LogP contribution in [0.3, 0.4) is 0 Å². The fraction of sp³-hybridized carbons (Fsp3) is 0.812. The highest BCUT2D eigenvalue weighted by Crippen LogP contribution is 2.49. The molecule has 0 amide bonds. The molecule has 1 saturated carbocycles. The maximum atomic E-state index is 6.14. The van der Waals surface area contributed by atoms with Gasteiger partial charge in [-0.2, -0.15) is 0 Å². The lowest BCUT2D eigenvalue weighted by molar-refractivity contribution is 0.0295. The Morgan fingerprint density at radius 3 is 2.90 bits per heavy atom. The molecule has 3 rings (SSSR count). The molecule has 1 aromatic heterocycles. The van der Waals surface area contributed by atoms with Gasteiger partial charge in [0.15, 0.2) is 0 Å². The molecule has 3 nitrogen and oxygen atoms in total. The first-order chi connectivity index (χ1) is 9.59. The normalized spacial score (nSPS) is 30.3. The van der Waals surface area contributed by atoms with Gasteiger partial charge in [-0.25, -0.2) is 4.98 Å². The molecule has 1 saturated heterocycles. The number of ether oxygens (including phenoxy) is 1. The fourth-order valence-electron chi connectivity index (χ4n) is 3.44. The largest absolute Gasteiger partial charge is 0.377 e. The molecule has 0 aromatic carbocycles. The number of hydrogen-bond donors (Lipinski definition) is 1. The second-order valence-electron chi connectivity index (χ2n) is 6.81. The Kier molecular flexibility index (Phi) is 4.16. The van der Waals surface area contributed by atoms with Gasteiger partial charge in [0.05, 0.1) is 16.8 Å². The quantitative estimate of drug-likeness (QED) is 0.875. The van der Waals surface area contributed by atoms with E-state index in [1.165, 1.54) is 30.0 Å². The average molecular weight is 294 g/mol. The van der Waals surface area contributed by atoms with Crippen molar-refractivity contribution in [3.63, 3.8) is 0 Å². The summed E-state index contributed by atoms with van der Waals surface area (Å²) in [5, 5.41) is 7.07. The van der Waals surface area contributed by atoms with Crippen LogP contribution in [0.4, 0.5) is 0 Å². The van der Waals surface area contributed by atoms with E-state index in [0.29, 0.717) is 12.1 Å². The molecule has 0 radical (unpaired) electrons. The zero-order valence-electron chi connectivity index (χ0n) is 12.8. The number of thiazole rings is 1. The van der Waals surface area contributed by atoms with Crippen molar-refractivity contribution in [3.8, 4) is 0 Å². The molecule has 1 N–H and O–H groups in total. The first kappa shape index (κ1) is 14.5. The van der Waals surface area contributed by atoms with Crippen molar-refractivity contribution in [3.05, 3.63) is 16.1 Å². The molecule has 2 unspecified atom stereocenters. The lowest BCUT2D eigenvalue weighted by Crippen LogP contribution is -2.45. The topological polar surface area (TPSA) is 34.2 Å². The molecule has 2 heterocycles. The minimum Gasteiger partial charge on any atom is -0.377 e. The predicted octanol–water partition coefficient (Wildman–Crippen LogP) is 3.18. The number of aryl methyl sites for hydroxylation is 1. The van der Waals surface area contributed by atoms with Crippen molar-refractivity contribution in [1.82, 2.24) is 10.3 Å². The summed E-state index contributed by atoms with van der Waals surface area (Å²) in [7, 11) is 0. The third-order valence-corrected chi connectivity index (χ3v) is 5.44. The molecule has 2 fully saturated rings. The minimum absolute atomic E-state index is 0.256. The number of nitrogens with zero attached hydrogens (tertiary/aromatic N) is 1. The first-order valence-corrected chi connectivity index (χ1v) is 8.73. The van der Waals surface area contributed by atoms with E-state index in [1.54, 1.807) is 11.3 Å². The van der Waals surface area contributed by atoms with Crippen molar-refractivity contribution in [1.29, 1.82) is 0 Å². The molecule has 2 aliphatic rings. The Balaban J connectivity index is 1.78. The minimum atomic E-state index is 0.256. The molecule has 20 heavy (non-hydrogen) atoms. The SMILES string of the molecule is Cc1nc(CC2(CNC(C)C)CCOC2C2CC2)cs1. The van der Waals surface area contributed by atoms with Crippen LogP contribution >= 0.6 is 11.3 Å². The number of aromatic nitrogens is 1. The zero-order valence-corrected chi connectivity index (χ0v) is 13.6. The molecule has 4 heteroatoms. The highest BCUT2D eigenvalue weighted by Gasteiger charge is 2.50. The number of nitrogens with one attached hydrogen (secondary N) is 1. The maximum Gasteiger partial charge on any atom is 0.0897 e. The Bertz CT molecular complexity index is 455. The van der Waals surface area contributed by atoms with Gasteiger partial charge < -0.3 is 10.1 Å². The summed E-state index contributed by atoms with van der Waals surface area (Å²) in [5.74, 6) is 0.797. The maximum absolute atomic E-state index is 6.14. The lowest BCUT2D eigenvalue weighted by atomic mass is 9.75. The van der Waals surface area contributed by atoms with Gasteiger partial charge in [-0.05, 0) is 38.5 Å². The third kappa shape index (κ3) is 3.07. The van der Waals surface area contributed by atoms with Crippen LogP contribution in [0.5, 0.6) is 0 Å². The average Bonchev–Trinajstić information content (AvgIpc) is 3.04. The number of hydrogen-bond acceptors (Lipinski definition) is 4. The molecule has 1 aliphatic carbocycles. The van der Waals surface area contributed by atoms with Gasteiger partial charge in [0.2, 0.25) is 0 Å². The van der Waals surface area contributed by atoms with Crippen LogP contribution in [-0.4, -0.2) is 30.3 Å². The third-order valence-electron chi connectivity index (χ3n) is 4.61. The van der Waals surface area contributed by atoms with Crippen molar-refractivity contribution >= 4 is 11.3 Å². The van der Waals surface area contributed by atoms with E-state index >= 15 is 0 Å². The smallest absolute Gasteiger partial charge is 0.0897 e. The van der Waals surface area contributed by atoms with Crippen LogP contribution in [0, 0.1) is 18.3 Å². The second kappa shape index (κ2) is 5.74. The monoisotopic (exact) mass is 294 g/mol. The molecular formula is C16H26N2OS. The lowest BCUT2D eigenvalue weighted by Gasteiger charge is -2.35. The Labute approximate surface area is 126 Å².